The normalized spacial score (nSPS) is 22.0. The zero-order valence-corrected chi connectivity index (χ0v) is 9.93. The van der Waals surface area contributed by atoms with E-state index in [0.29, 0.717) is 12.5 Å². The molecular formula is C12H23N3O. The van der Waals surface area contributed by atoms with Crippen molar-refractivity contribution in [1.29, 1.82) is 0 Å². The molecule has 0 unspecified atom stereocenters. The molecule has 16 heavy (non-hydrogen) atoms. The van der Waals surface area contributed by atoms with E-state index in [2.05, 4.69) is 16.0 Å². The van der Waals surface area contributed by atoms with Crippen LogP contribution in [0, 0.1) is 5.92 Å². The van der Waals surface area contributed by atoms with E-state index in [-0.39, 0.29) is 5.91 Å². The minimum absolute atomic E-state index is 0.209. The standard InChI is InChI=1S/C12H23N3O/c16-12(15-11-1-2-11)5-8-14-9-10-3-6-13-7-4-10/h10-11,13-14H,1-9H2,(H,15,16). The molecule has 1 heterocycles. The number of carbonyl (C=O) groups excluding carboxylic acids is 1. The molecule has 2 fully saturated rings. The molecule has 0 spiro atoms. The van der Waals surface area contributed by atoms with Crippen LogP contribution >= 0.6 is 0 Å². The fourth-order valence-corrected chi connectivity index (χ4v) is 2.12. The molecule has 0 aromatic rings. The van der Waals surface area contributed by atoms with Crippen LogP contribution < -0.4 is 16.0 Å². The van der Waals surface area contributed by atoms with Gasteiger partial charge in [-0.1, -0.05) is 0 Å². The van der Waals surface area contributed by atoms with Crippen LogP contribution in [0.5, 0.6) is 0 Å². The quantitative estimate of drug-likeness (QED) is 0.568. The largest absolute Gasteiger partial charge is 0.353 e. The van der Waals surface area contributed by atoms with Crippen LogP contribution in [0.4, 0.5) is 0 Å². The molecule has 4 heteroatoms. The van der Waals surface area contributed by atoms with E-state index >= 15 is 0 Å². The Labute approximate surface area is 97.6 Å². The van der Waals surface area contributed by atoms with E-state index in [1.165, 1.54) is 25.7 Å². The average Bonchev–Trinajstić information content (AvgIpc) is 3.10. The smallest absolute Gasteiger partial charge is 0.221 e. The molecule has 1 aliphatic carbocycles. The van der Waals surface area contributed by atoms with Crippen molar-refractivity contribution in [2.45, 2.75) is 38.1 Å². The molecule has 3 N–H and O–H groups in total. The van der Waals surface area contributed by atoms with Crippen molar-refractivity contribution in [2.75, 3.05) is 26.2 Å². The Hall–Kier alpha value is -0.610. The highest BCUT2D eigenvalue weighted by atomic mass is 16.1. The predicted molar refractivity (Wildman–Crippen MR) is 64.2 cm³/mol. The van der Waals surface area contributed by atoms with Crippen LogP contribution in [0.15, 0.2) is 0 Å². The summed E-state index contributed by atoms with van der Waals surface area (Å²) in [4.78, 5) is 11.4. The number of hydrogen-bond donors (Lipinski definition) is 3. The SMILES string of the molecule is O=C(CCNCC1CCNCC1)NC1CC1. The summed E-state index contributed by atoms with van der Waals surface area (Å²) < 4.78 is 0. The van der Waals surface area contributed by atoms with Crippen molar-refractivity contribution in [3.63, 3.8) is 0 Å². The second-order valence-corrected chi connectivity index (χ2v) is 4.99. The summed E-state index contributed by atoms with van der Waals surface area (Å²) >= 11 is 0. The summed E-state index contributed by atoms with van der Waals surface area (Å²) in [6.45, 7) is 4.18. The van der Waals surface area contributed by atoms with Gasteiger partial charge in [-0.05, 0) is 51.2 Å². The fourth-order valence-electron chi connectivity index (χ4n) is 2.12. The molecular weight excluding hydrogens is 202 g/mol. The average molecular weight is 225 g/mol. The minimum atomic E-state index is 0.209. The van der Waals surface area contributed by atoms with Crippen molar-refractivity contribution >= 4 is 5.91 Å². The summed E-state index contributed by atoms with van der Waals surface area (Å²) in [6, 6.07) is 0.497. The highest BCUT2D eigenvalue weighted by Crippen LogP contribution is 2.18. The van der Waals surface area contributed by atoms with Crippen molar-refractivity contribution in [2.24, 2.45) is 5.92 Å². The Balaban J connectivity index is 1.45. The maximum Gasteiger partial charge on any atom is 0.221 e. The predicted octanol–water partition coefficient (Wildman–Crippen LogP) is 0.244. The van der Waals surface area contributed by atoms with E-state index in [4.69, 9.17) is 0 Å². The Morgan fingerprint density at radius 1 is 1.19 bits per heavy atom. The summed E-state index contributed by atoms with van der Waals surface area (Å²) in [6.07, 6.45) is 5.51. The Kier molecular flexibility index (Phi) is 4.60. The highest BCUT2D eigenvalue weighted by molar-refractivity contribution is 5.76. The molecule has 0 bridgehead atoms. The van der Waals surface area contributed by atoms with E-state index in [0.717, 1.165) is 32.1 Å². The third-order valence-electron chi connectivity index (χ3n) is 3.36. The summed E-state index contributed by atoms with van der Waals surface area (Å²) in [5.41, 5.74) is 0. The zero-order valence-electron chi connectivity index (χ0n) is 9.93. The monoisotopic (exact) mass is 225 g/mol. The van der Waals surface area contributed by atoms with Gasteiger partial charge < -0.3 is 16.0 Å². The highest BCUT2D eigenvalue weighted by Gasteiger charge is 2.22. The molecule has 1 aliphatic heterocycles. The number of piperidine rings is 1. The molecule has 4 nitrogen and oxygen atoms in total. The maximum atomic E-state index is 11.4. The molecule has 0 aromatic carbocycles. The van der Waals surface area contributed by atoms with Crippen LogP contribution in [0.1, 0.15) is 32.1 Å². The lowest BCUT2D eigenvalue weighted by Gasteiger charge is -2.22. The van der Waals surface area contributed by atoms with Gasteiger partial charge >= 0.3 is 0 Å². The molecule has 0 aromatic heterocycles. The van der Waals surface area contributed by atoms with Gasteiger partial charge in [0.2, 0.25) is 5.91 Å². The molecule has 0 atom stereocenters. The first-order valence-electron chi connectivity index (χ1n) is 6.55. The van der Waals surface area contributed by atoms with Crippen molar-refractivity contribution < 1.29 is 4.79 Å². The lowest BCUT2D eigenvalue weighted by atomic mass is 9.98. The van der Waals surface area contributed by atoms with Crippen molar-refractivity contribution in [1.82, 2.24) is 16.0 Å². The van der Waals surface area contributed by atoms with E-state index in [9.17, 15) is 4.79 Å². The Morgan fingerprint density at radius 2 is 1.94 bits per heavy atom. The first-order chi connectivity index (χ1) is 7.84. The molecule has 92 valence electrons. The Bertz CT molecular complexity index is 222. The van der Waals surface area contributed by atoms with E-state index in [1.807, 2.05) is 0 Å². The van der Waals surface area contributed by atoms with Gasteiger partial charge in [0.05, 0.1) is 0 Å². The summed E-state index contributed by atoms with van der Waals surface area (Å²) in [5.74, 6) is 1.01. The number of amides is 1. The number of rotatable bonds is 6. The van der Waals surface area contributed by atoms with Crippen LogP contribution in [-0.4, -0.2) is 38.1 Å². The van der Waals surface area contributed by atoms with Gasteiger partial charge in [-0.2, -0.15) is 0 Å². The first-order valence-corrected chi connectivity index (χ1v) is 6.55. The lowest BCUT2D eigenvalue weighted by molar-refractivity contribution is -0.121. The van der Waals surface area contributed by atoms with Crippen LogP contribution in [0.25, 0.3) is 0 Å². The second kappa shape index (κ2) is 6.21. The van der Waals surface area contributed by atoms with Crippen LogP contribution in [-0.2, 0) is 4.79 Å². The van der Waals surface area contributed by atoms with Gasteiger partial charge in [0.25, 0.3) is 0 Å². The molecule has 1 amide bonds. The number of carbonyl (C=O) groups is 1. The first kappa shape index (κ1) is 11.9. The molecule has 0 radical (unpaired) electrons. The maximum absolute atomic E-state index is 11.4. The molecule has 2 aliphatic rings. The van der Waals surface area contributed by atoms with Gasteiger partial charge in [0, 0.05) is 19.0 Å². The fraction of sp³-hybridized carbons (Fsp3) is 0.917. The third-order valence-corrected chi connectivity index (χ3v) is 3.36. The Morgan fingerprint density at radius 3 is 2.62 bits per heavy atom. The van der Waals surface area contributed by atoms with Crippen LogP contribution in [0.3, 0.4) is 0 Å². The summed E-state index contributed by atoms with van der Waals surface area (Å²) in [7, 11) is 0. The van der Waals surface area contributed by atoms with Crippen LogP contribution in [0.2, 0.25) is 0 Å². The topological polar surface area (TPSA) is 53.2 Å². The molecule has 1 saturated heterocycles. The third kappa shape index (κ3) is 4.49. The van der Waals surface area contributed by atoms with Gasteiger partial charge in [0.15, 0.2) is 0 Å². The minimum Gasteiger partial charge on any atom is -0.353 e. The van der Waals surface area contributed by atoms with Gasteiger partial charge in [-0.15, -0.1) is 0 Å². The van der Waals surface area contributed by atoms with E-state index in [1.54, 1.807) is 0 Å². The van der Waals surface area contributed by atoms with Gasteiger partial charge in [-0.25, -0.2) is 0 Å². The van der Waals surface area contributed by atoms with Gasteiger partial charge in [0.1, 0.15) is 0 Å². The second-order valence-electron chi connectivity index (χ2n) is 4.99. The zero-order chi connectivity index (χ0) is 11.2. The van der Waals surface area contributed by atoms with E-state index < -0.39 is 0 Å². The number of nitrogens with one attached hydrogen (secondary N) is 3. The number of hydrogen-bond acceptors (Lipinski definition) is 3. The lowest BCUT2D eigenvalue weighted by Crippen LogP contribution is -2.35. The van der Waals surface area contributed by atoms with Crippen molar-refractivity contribution in [3.8, 4) is 0 Å². The van der Waals surface area contributed by atoms with Gasteiger partial charge in [-0.3, -0.25) is 4.79 Å². The summed E-state index contributed by atoms with van der Waals surface area (Å²) in [5, 5.41) is 9.75. The van der Waals surface area contributed by atoms with Crippen molar-refractivity contribution in [3.05, 3.63) is 0 Å². The molecule has 2 rings (SSSR count). The molecule has 1 saturated carbocycles.